The molecule has 0 fully saturated rings. The first-order valence-corrected chi connectivity index (χ1v) is 10.5. The second-order valence-corrected chi connectivity index (χ2v) is 8.07. The van der Waals surface area contributed by atoms with Gasteiger partial charge in [-0.15, -0.1) is 0 Å². The zero-order chi connectivity index (χ0) is 26.0. The molecule has 0 saturated heterocycles. The van der Waals surface area contributed by atoms with Crippen molar-refractivity contribution in [2.75, 3.05) is 6.61 Å². The molecule has 1 atom stereocenters. The molecule has 0 bridgehead atoms. The van der Waals surface area contributed by atoms with Gasteiger partial charge in [0.05, 0.1) is 11.1 Å². The van der Waals surface area contributed by atoms with Crippen molar-refractivity contribution in [2.45, 2.75) is 45.0 Å². The maximum atomic E-state index is 13.4. The fraction of sp³-hybridized carbons (Fsp3) is 0.348. The van der Waals surface area contributed by atoms with Crippen LogP contribution in [0.3, 0.4) is 0 Å². The number of cyclic esters (lactones) is 1. The zero-order valence-corrected chi connectivity index (χ0v) is 18.9. The molecule has 2 aromatic carbocycles. The number of alkyl halides is 6. The molecule has 0 aromatic heterocycles. The van der Waals surface area contributed by atoms with E-state index < -0.39 is 61.1 Å². The highest BCUT2D eigenvalue weighted by molar-refractivity contribution is 6.30. The highest BCUT2D eigenvalue weighted by atomic mass is 35.5. The molecule has 1 aliphatic rings. The van der Waals surface area contributed by atoms with Crippen molar-refractivity contribution in [1.82, 2.24) is 0 Å². The third kappa shape index (κ3) is 6.40. The third-order valence-corrected chi connectivity index (χ3v) is 5.28. The number of carbonyl (C=O) groups excluding carboxylic acids is 1. The number of benzene rings is 2. The largest absolute Gasteiger partial charge is 0.485 e. The number of aliphatic hydroxyl groups excluding tert-OH is 1. The van der Waals surface area contributed by atoms with Crippen LogP contribution in [0.1, 0.15) is 34.2 Å². The average Bonchev–Trinajstić information content (AvgIpc) is 3.05. The number of esters is 1. The topological polar surface area (TPSA) is 65.0 Å². The van der Waals surface area contributed by atoms with E-state index in [-0.39, 0.29) is 28.3 Å². The predicted octanol–water partition coefficient (Wildman–Crippen LogP) is 5.94. The minimum Gasteiger partial charge on any atom is -0.485 e. The Morgan fingerprint density at radius 3 is 2.11 bits per heavy atom. The first-order chi connectivity index (χ1) is 16.3. The van der Waals surface area contributed by atoms with Crippen LogP contribution in [0.2, 0.25) is 5.02 Å². The van der Waals surface area contributed by atoms with Gasteiger partial charge in [0.15, 0.2) is 11.9 Å². The highest BCUT2D eigenvalue weighted by Gasteiger charge is 2.40. The number of aryl methyl sites for hydroxylation is 1. The lowest BCUT2D eigenvalue weighted by Gasteiger charge is -2.17. The van der Waals surface area contributed by atoms with Gasteiger partial charge < -0.3 is 19.3 Å². The van der Waals surface area contributed by atoms with E-state index in [0.29, 0.717) is 11.6 Å². The quantitative estimate of drug-likeness (QED) is 0.342. The smallest absolute Gasteiger partial charge is 0.416 e. The van der Waals surface area contributed by atoms with E-state index in [9.17, 15) is 36.2 Å². The van der Waals surface area contributed by atoms with Crippen LogP contribution in [0.15, 0.2) is 47.9 Å². The second kappa shape index (κ2) is 10.4. The van der Waals surface area contributed by atoms with Crippen molar-refractivity contribution >= 4 is 17.6 Å². The first-order valence-electron chi connectivity index (χ1n) is 10.1. The van der Waals surface area contributed by atoms with Crippen molar-refractivity contribution < 1.29 is 50.5 Å². The Morgan fingerprint density at radius 2 is 1.51 bits per heavy atom. The van der Waals surface area contributed by atoms with Gasteiger partial charge in [0.25, 0.3) is 0 Å². The van der Waals surface area contributed by atoms with E-state index in [1.807, 2.05) is 0 Å². The molecular formula is C23H19ClF6O5. The molecule has 12 heteroatoms. The van der Waals surface area contributed by atoms with Crippen LogP contribution in [0.4, 0.5) is 26.3 Å². The minimum absolute atomic E-state index is 0.152. The van der Waals surface area contributed by atoms with E-state index in [1.165, 1.54) is 25.1 Å². The number of halogens is 7. The van der Waals surface area contributed by atoms with Gasteiger partial charge >= 0.3 is 18.3 Å². The zero-order valence-electron chi connectivity index (χ0n) is 18.1. The summed E-state index contributed by atoms with van der Waals surface area (Å²) in [5.41, 5.74) is -2.25. The van der Waals surface area contributed by atoms with Crippen LogP contribution in [-0.4, -0.2) is 23.8 Å². The minimum atomic E-state index is -4.75. The second-order valence-electron chi connectivity index (χ2n) is 7.63. The van der Waals surface area contributed by atoms with Crippen molar-refractivity contribution in [1.29, 1.82) is 0 Å². The maximum Gasteiger partial charge on any atom is 0.416 e. The number of hydrogen-bond acceptors (Lipinski definition) is 5. The molecule has 0 radical (unpaired) electrons. The van der Waals surface area contributed by atoms with E-state index >= 15 is 0 Å². The molecule has 0 spiro atoms. The summed E-state index contributed by atoms with van der Waals surface area (Å²) in [4.78, 5) is 12.3. The van der Waals surface area contributed by atoms with E-state index in [2.05, 4.69) is 0 Å². The molecule has 5 nitrogen and oxygen atoms in total. The van der Waals surface area contributed by atoms with Crippen LogP contribution < -0.4 is 0 Å². The Morgan fingerprint density at radius 1 is 0.943 bits per heavy atom. The standard InChI is InChI=1S/C23H19ClF6O5/c1-12-2-3-13(16(8-12)22(25,26)27)11-34-20-19(18(6-7-31)35-21(20)32)33-10-14-4-5-15(24)9-17(14)23(28,29)30/h2-5,8-9,18,31H,6-7,10-11H2,1H3. The summed E-state index contributed by atoms with van der Waals surface area (Å²) in [5, 5.41) is 9.09. The van der Waals surface area contributed by atoms with Gasteiger partial charge in [-0.2, -0.15) is 26.3 Å². The molecule has 1 aliphatic heterocycles. The molecule has 2 aromatic rings. The number of rotatable bonds is 8. The Hall–Kier alpha value is -2.92. The predicted molar refractivity (Wildman–Crippen MR) is 111 cm³/mol. The number of ether oxygens (including phenoxy) is 3. The molecule has 1 unspecified atom stereocenters. The lowest BCUT2D eigenvalue weighted by atomic mass is 10.0. The summed E-state index contributed by atoms with van der Waals surface area (Å²) >= 11 is 5.67. The van der Waals surface area contributed by atoms with Gasteiger partial charge in [-0.25, -0.2) is 4.79 Å². The summed E-state index contributed by atoms with van der Waals surface area (Å²) in [5.74, 6) is -1.99. The van der Waals surface area contributed by atoms with Gasteiger partial charge in [0, 0.05) is 29.2 Å². The van der Waals surface area contributed by atoms with E-state index in [4.69, 9.17) is 25.8 Å². The van der Waals surface area contributed by atoms with Crippen molar-refractivity contribution in [2.24, 2.45) is 0 Å². The first kappa shape index (κ1) is 26.7. The van der Waals surface area contributed by atoms with Crippen LogP contribution in [-0.2, 0) is 44.6 Å². The summed E-state index contributed by atoms with van der Waals surface area (Å²) in [7, 11) is 0. The van der Waals surface area contributed by atoms with E-state index in [1.54, 1.807) is 0 Å². The fourth-order valence-electron chi connectivity index (χ4n) is 3.40. The van der Waals surface area contributed by atoms with Crippen molar-refractivity contribution in [3.05, 3.63) is 80.8 Å². The van der Waals surface area contributed by atoms with Crippen LogP contribution in [0.5, 0.6) is 0 Å². The Kier molecular flexibility index (Phi) is 7.90. The molecule has 35 heavy (non-hydrogen) atoms. The van der Waals surface area contributed by atoms with Crippen molar-refractivity contribution in [3.63, 3.8) is 0 Å². The summed E-state index contributed by atoms with van der Waals surface area (Å²) < 4.78 is 96.2. The van der Waals surface area contributed by atoms with E-state index in [0.717, 1.165) is 12.1 Å². The van der Waals surface area contributed by atoms with Crippen LogP contribution in [0.25, 0.3) is 0 Å². The normalized spacial score (nSPS) is 16.5. The Bertz CT molecular complexity index is 1130. The van der Waals surface area contributed by atoms with Crippen LogP contribution in [0, 0.1) is 6.92 Å². The molecule has 0 saturated carbocycles. The average molecular weight is 525 g/mol. The highest BCUT2D eigenvalue weighted by Crippen LogP contribution is 2.37. The lowest BCUT2D eigenvalue weighted by molar-refractivity contribution is -0.144. The van der Waals surface area contributed by atoms with Gasteiger partial charge in [-0.3, -0.25) is 0 Å². The number of carbonyl (C=O) groups is 1. The van der Waals surface area contributed by atoms with Crippen LogP contribution >= 0.6 is 11.6 Å². The molecule has 190 valence electrons. The number of hydrogen-bond donors (Lipinski definition) is 1. The fourth-order valence-corrected chi connectivity index (χ4v) is 3.57. The maximum absolute atomic E-state index is 13.4. The van der Waals surface area contributed by atoms with Gasteiger partial charge in [0.1, 0.15) is 13.2 Å². The molecule has 3 rings (SSSR count). The molecular weight excluding hydrogens is 506 g/mol. The third-order valence-electron chi connectivity index (χ3n) is 5.05. The molecule has 0 amide bonds. The lowest BCUT2D eigenvalue weighted by Crippen LogP contribution is -2.16. The summed E-state index contributed by atoms with van der Waals surface area (Å²) in [6.45, 7) is -0.352. The van der Waals surface area contributed by atoms with Gasteiger partial charge in [0.2, 0.25) is 5.76 Å². The Balaban J connectivity index is 1.90. The van der Waals surface area contributed by atoms with Gasteiger partial charge in [-0.1, -0.05) is 35.4 Å². The SMILES string of the molecule is Cc1ccc(COC2=C(OCc3ccc(Cl)cc3C(F)(F)F)C(CCO)OC2=O)c(C(F)(F)F)c1. The molecule has 1 N–H and O–H groups in total. The van der Waals surface area contributed by atoms with Crippen molar-refractivity contribution in [3.8, 4) is 0 Å². The molecule has 0 aliphatic carbocycles. The monoisotopic (exact) mass is 524 g/mol. The van der Waals surface area contributed by atoms with Gasteiger partial charge in [-0.05, 0) is 25.1 Å². The Labute approximate surface area is 200 Å². The summed E-state index contributed by atoms with van der Waals surface area (Å²) in [6, 6.07) is 6.56. The summed E-state index contributed by atoms with van der Waals surface area (Å²) in [6.07, 6.45) is -10.8. The molecule has 1 heterocycles. The number of aliphatic hydroxyl groups is 1.